The number of rotatable bonds is 0. The van der Waals surface area contributed by atoms with E-state index in [1.165, 1.54) is 12.2 Å². The fraction of sp³-hybridized carbons (Fsp3) is 0.333. The largest absolute Gasteiger partial charge is 0.508 e. The van der Waals surface area contributed by atoms with E-state index in [1.807, 2.05) is 0 Å². The van der Waals surface area contributed by atoms with E-state index >= 15 is 0 Å². The standard InChI is InChI=1S/C6H7ClO2/c7-5-2-1-4(8)3-6(5)9/h1-3,5-6,8-9H. The first-order chi connectivity index (χ1) is 4.20. The molecule has 0 aromatic heterocycles. The maximum atomic E-state index is 8.93. The number of halogens is 1. The molecule has 0 aliphatic heterocycles. The lowest BCUT2D eigenvalue weighted by Crippen LogP contribution is -2.18. The molecule has 0 bridgehead atoms. The number of aliphatic hydroxyl groups is 2. The van der Waals surface area contributed by atoms with E-state index in [9.17, 15) is 0 Å². The third-order valence-electron chi connectivity index (χ3n) is 1.12. The molecule has 0 spiro atoms. The van der Waals surface area contributed by atoms with Crippen LogP contribution in [0.5, 0.6) is 0 Å². The first-order valence-electron chi connectivity index (χ1n) is 2.61. The van der Waals surface area contributed by atoms with Gasteiger partial charge in [-0.2, -0.15) is 0 Å². The molecule has 0 aromatic carbocycles. The first kappa shape index (κ1) is 6.65. The normalized spacial score (nSPS) is 34.2. The summed E-state index contributed by atoms with van der Waals surface area (Å²) in [7, 11) is 0. The fourth-order valence-electron chi connectivity index (χ4n) is 0.627. The third kappa shape index (κ3) is 1.47. The summed E-state index contributed by atoms with van der Waals surface area (Å²) in [4.78, 5) is 0. The Kier molecular flexibility index (Phi) is 1.78. The molecule has 0 fully saturated rings. The van der Waals surface area contributed by atoms with Gasteiger partial charge in [0.05, 0.1) is 11.5 Å². The van der Waals surface area contributed by atoms with E-state index in [0.29, 0.717) is 0 Å². The Morgan fingerprint density at radius 3 is 2.67 bits per heavy atom. The molecule has 3 heteroatoms. The van der Waals surface area contributed by atoms with Gasteiger partial charge in [-0.1, -0.05) is 6.08 Å². The van der Waals surface area contributed by atoms with Gasteiger partial charge in [0.1, 0.15) is 5.76 Å². The molecule has 0 saturated carbocycles. The summed E-state index contributed by atoms with van der Waals surface area (Å²) < 4.78 is 0. The zero-order chi connectivity index (χ0) is 6.85. The van der Waals surface area contributed by atoms with E-state index in [1.54, 1.807) is 6.08 Å². The zero-order valence-corrected chi connectivity index (χ0v) is 5.42. The Labute approximate surface area is 58.1 Å². The van der Waals surface area contributed by atoms with Gasteiger partial charge in [-0.3, -0.25) is 0 Å². The summed E-state index contributed by atoms with van der Waals surface area (Å²) in [6.07, 6.45) is 3.56. The van der Waals surface area contributed by atoms with Crippen molar-refractivity contribution in [3.8, 4) is 0 Å². The highest BCUT2D eigenvalue weighted by atomic mass is 35.5. The molecule has 0 saturated heterocycles. The number of aliphatic hydroxyl groups excluding tert-OH is 2. The van der Waals surface area contributed by atoms with Crippen molar-refractivity contribution >= 4 is 11.6 Å². The predicted octanol–water partition coefficient (Wildman–Crippen LogP) is 0.966. The van der Waals surface area contributed by atoms with Gasteiger partial charge in [0, 0.05) is 0 Å². The van der Waals surface area contributed by atoms with Crippen molar-refractivity contribution in [2.24, 2.45) is 0 Å². The molecule has 9 heavy (non-hydrogen) atoms. The molecule has 2 N–H and O–H groups in total. The molecule has 1 aliphatic carbocycles. The molecule has 2 atom stereocenters. The second kappa shape index (κ2) is 2.42. The van der Waals surface area contributed by atoms with Gasteiger partial charge in [0.15, 0.2) is 0 Å². The van der Waals surface area contributed by atoms with Crippen molar-refractivity contribution in [3.05, 3.63) is 24.0 Å². The van der Waals surface area contributed by atoms with E-state index in [4.69, 9.17) is 21.8 Å². The number of alkyl halides is 1. The van der Waals surface area contributed by atoms with Crippen LogP contribution in [-0.2, 0) is 0 Å². The monoisotopic (exact) mass is 146 g/mol. The topological polar surface area (TPSA) is 40.5 Å². The number of hydrogen-bond donors (Lipinski definition) is 2. The van der Waals surface area contributed by atoms with Gasteiger partial charge in [-0.05, 0) is 12.2 Å². The summed E-state index contributed by atoms with van der Waals surface area (Å²) in [5.74, 6) is 0.0689. The highest BCUT2D eigenvalue weighted by Gasteiger charge is 2.14. The van der Waals surface area contributed by atoms with Crippen LogP contribution in [0.1, 0.15) is 0 Å². The van der Waals surface area contributed by atoms with Crippen molar-refractivity contribution in [1.29, 1.82) is 0 Å². The Bertz CT molecular complexity index is 162. The summed E-state index contributed by atoms with van der Waals surface area (Å²) in [5, 5.41) is 17.3. The zero-order valence-electron chi connectivity index (χ0n) is 4.66. The minimum Gasteiger partial charge on any atom is -0.508 e. The average Bonchev–Trinajstić information content (AvgIpc) is 1.80. The summed E-state index contributed by atoms with van der Waals surface area (Å²) in [5.41, 5.74) is 0. The van der Waals surface area contributed by atoms with Gasteiger partial charge in [-0.25, -0.2) is 0 Å². The van der Waals surface area contributed by atoms with Gasteiger partial charge in [0.2, 0.25) is 0 Å². The second-order valence-electron chi connectivity index (χ2n) is 1.89. The molecule has 1 aliphatic rings. The third-order valence-corrected chi connectivity index (χ3v) is 1.52. The summed E-state index contributed by atoms with van der Waals surface area (Å²) >= 11 is 5.54. The molecule has 0 aromatic rings. The van der Waals surface area contributed by atoms with Crippen LogP contribution in [0, 0.1) is 0 Å². The molecule has 2 nitrogen and oxygen atoms in total. The van der Waals surface area contributed by atoms with Crippen LogP contribution in [0.25, 0.3) is 0 Å². The summed E-state index contributed by atoms with van der Waals surface area (Å²) in [6.45, 7) is 0. The van der Waals surface area contributed by atoms with Crippen LogP contribution in [0.2, 0.25) is 0 Å². The molecule has 50 valence electrons. The molecule has 0 heterocycles. The van der Waals surface area contributed by atoms with Crippen LogP contribution in [0.3, 0.4) is 0 Å². The van der Waals surface area contributed by atoms with Gasteiger partial charge < -0.3 is 10.2 Å². The molecule has 1 rings (SSSR count). The molecule has 2 unspecified atom stereocenters. The van der Waals surface area contributed by atoms with Crippen LogP contribution in [-0.4, -0.2) is 21.7 Å². The predicted molar refractivity (Wildman–Crippen MR) is 35.5 cm³/mol. The van der Waals surface area contributed by atoms with Crippen molar-refractivity contribution in [1.82, 2.24) is 0 Å². The SMILES string of the molecule is OC1=CC(O)C(Cl)C=C1. The van der Waals surface area contributed by atoms with Crippen molar-refractivity contribution in [2.75, 3.05) is 0 Å². The van der Waals surface area contributed by atoms with Crippen molar-refractivity contribution in [3.63, 3.8) is 0 Å². The Balaban J connectivity index is 2.70. The van der Waals surface area contributed by atoms with Crippen molar-refractivity contribution < 1.29 is 10.2 Å². The summed E-state index contributed by atoms with van der Waals surface area (Å²) in [6, 6.07) is 0. The molecule has 0 amide bonds. The van der Waals surface area contributed by atoms with Gasteiger partial charge in [-0.15, -0.1) is 11.6 Å². The number of allylic oxidation sites excluding steroid dienone is 1. The lowest BCUT2D eigenvalue weighted by Gasteiger charge is -2.12. The fourth-order valence-corrected chi connectivity index (χ4v) is 0.772. The average molecular weight is 147 g/mol. The Morgan fingerprint density at radius 2 is 2.22 bits per heavy atom. The van der Waals surface area contributed by atoms with E-state index in [0.717, 1.165) is 0 Å². The number of hydrogen-bond acceptors (Lipinski definition) is 2. The van der Waals surface area contributed by atoms with Gasteiger partial charge >= 0.3 is 0 Å². The molecular formula is C6H7ClO2. The Hall–Kier alpha value is -0.470. The van der Waals surface area contributed by atoms with Gasteiger partial charge in [0.25, 0.3) is 0 Å². The lowest BCUT2D eigenvalue weighted by molar-refractivity contribution is 0.221. The minimum atomic E-state index is -0.753. The minimum absolute atomic E-state index is 0.0689. The van der Waals surface area contributed by atoms with E-state index in [-0.39, 0.29) is 5.76 Å². The molecular weight excluding hydrogens is 140 g/mol. The highest BCUT2D eigenvalue weighted by molar-refractivity contribution is 6.22. The smallest absolute Gasteiger partial charge is 0.113 e. The maximum absolute atomic E-state index is 8.93. The Morgan fingerprint density at radius 1 is 1.56 bits per heavy atom. The highest BCUT2D eigenvalue weighted by Crippen LogP contribution is 2.13. The second-order valence-corrected chi connectivity index (χ2v) is 2.39. The maximum Gasteiger partial charge on any atom is 0.113 e. The van der Waals surface area contributed by atoms with Crippen LogP contribution in [0.4, 0.5) is 0 Å². The quantitative estimate of drug-likeness (QED) is 0.500. The van der Waals surface area contributed by atoms with Crippen LogP contribution < -0.4 is 0 Å². The van der Waals surface area contributed by atoms with Crippen LogP contribution >= 0.6 is 11.6 Å². The first-order valence-corrected chi connectivity index (χ1v) is 3.05. The van der Waals surface area contributed by atoms with E-state index < -0.39 is 11.5 Å². The molecule has 0 radical (unpaired) electrons. The van der Waals surface area contributed by atoms with Crippen molar-refractivity contribution in [2.45, 2.75) is 11.5 Å². The van der Waals surface area contributed by atoms with Crippen LogP contribution in [0.15, 0.2) is 24.0 Å². The lowest BCUT2D eigenvalue weighted by atomic mass is 10.1. The van der Waals surface area contributed by atoms with E-state index in [2.05, 4.69) is 0 Å².